The molecule has 1 amide bonds. The van der Waals surface area contributed by atoms with Crippen molar-refractivity contribution in [3.63, 3.8) is 0 Å². The molecule has 0 saturated heterocycles. The molecule has 0 heterocycles. The molecule has 0 aliphatic rings. The number of aliphatic hydroxyl groups excluding tert-OH is 1. The highest BCUT2D eigenvalue weighted by atomic mass is 16.5. The molecule has 1 aromatic carbocycles. The van der Waals surface area contributed by atoms with E-state index < -0.39 is 12.0 Å². The lowest BCUT2D eigenvalue weighted by molar-refractivity contribution is -0.128. The van der Waals surface area contributed by atoms with Crippen molar-refractivity contribution < 1.29 is 19.4 Å². The summed E-state index contributed by atoms with van der Waals surface area (Å²) in [5.41, 5.74) is 6.14. The van der Waals surface area contributed by atoms with Gasteiger partial charge in [0.25, 0.3) is 0 Å². The lowest BCUT2D eigenvalue weighted by Gasteiger charge is -2.12. The molecule has 0 bridgehead atoms. The Morgan fingerprint density at radius 1 is 1.42 bits per heavy atom. The molecule has 19 heavy (non-hydrogen) atoms. The Balaban J connectivity index is 2.56. The third kappa shape index (κ3) is 4.42. The lowest BCUT2D eigenvalue weighted by atomic mass is 10.1. The number of methoxy groups -OCH3 is 2. The maximum atomic E-state index is 11.3. The predicted molar refractivity (Wildman–Crippen MR) is 71.3 cm³/mol. The van der Waals surface area contributed by atoms with Crippen LogP contribution in [0.2, 0.25) is 0 Å². The van der Waals surface area contributed by atoms with E-state index in [0.29, 0.717) is 24.5 Å². The highest BCUT2D eigenvalue weighted by molar-refractivity contribution is 5.80. The third-order valence-corrected chi connectivity index (χ3v) is 2.71. The molecule has 0 aromatic heterocycles. The third-order valence-electron chi connectivity index (χ3n) is 2.71. The molecule has 0 fully saturated rings. The van der Waals surface area contributed by atoms with Gasteiger partial charge in [0.1, 0.15) is 17.6 Å². The van der Waals surface area contributed by atoms with Gasteiger partial charge in [0.2, 0.25) is 5.91 Å². The Labute approximate surface area is 112 Å². The van der Waals surface area contributed by atoms with Gasteiger partial charge in [-0.2, -0.15) is 0 Å². The van der Waals surface area contributed by atoms with Gasteiger partial charge in [0.05, 0.1) is 14.2 Å². The Morgan fingerprint density at radius 3 is 2.74 bits per heavy atom. The van der Waals surface area contributed by atoms with E-state index in [0.717, 1.165) is 5.56 Å². The second-order valence-corrected chi connectivity index (χ2v) is 3.97. The van der Waals surface area contributed by atoms with Crippen molar-refractivity contribution in [2.45, 2.75) is 12.5 Å². The zero-order chi connectivity index (χ0) is 14.3. The Bertz CT molecular complexity index is 423. The Kier molecular flexibility index (Phi) is 6.11. The highest BCUT2D eigenvalue weighted by Gasteiger charge is 2.12. The van der Waals surface area contributed by atoms with Gasteiger partial charge >= 0.3 is 0 Å². The number of carbonyl (C=O) groups is 1. The zero-order valence-electron chi connectivity index (χ0n) is 11.2. The summed E-state index contributed by atoms with van der Waals surface area (Å²) >= 11 is 0. The van der Waals surface area contributed by atoms with Gasteiger partial charge < -0.3 is 25.6 Å². The average molecular weight is 268 g/mol. The molecule has 0 aliphatic carbocycles. The van der Waals surface area contributed by atoms with Crippen LogP contribution in [0.4, 0.5) is 0 Å². The van der Waals surface area contributed by atoms with E-state index in [2.05, 4.69) is 5.32 Å². The largest absolute Gasteiger partial charge is 0.497 e. The van der Waals surface area contributed by atoms with E-state index in [1.807, 2.05) is 12.1 Å². The van der Waals surface area contributed by atoms with Crippen molar-refractivity contribution in [3.8, 4) is 11.5 Å². The molecule has 106 valence electrons. The molecule has 4 N–H and O–H groups in total. The normalized spacial score (nSPS) is 11.8. The molecule has 1 rings (SSSR count). The summed E-state index contributed by atoms with van der Waals surface area (Å²) in [4.78, 5) is 11.3. The molecule has 0 spiro atoms. The molecule has 6 nitrogen and oxygen atoms in total. The number of aliphatic hydroxyl groups is 1. The Hall–Kier alpha value is -1.79. The summed E-state index contributed by atoms with van der Waals surface area (Å²) < 4.78 is 10.4. The van der Waals surface area contributed by atoms with Crippen molar-refractivity contribution in [2.75, 3.05) is 27.3 Å². The number of nitrogens with one attached hydrogen (secondary N) is 1. The van der Waals surface area contributed by atoms with Crippen LogP contribution in [0.3, 0.4) is 0 Å². The van der Waals surface area contributed by atoms with Gasteiger partial charge in [-0.3, -0.25) is 4.79 Å². The minimum absolute atomic E-state index is 0.0856. The van der Waals surface area contributed by atoms with Crippen LogP contribution < -0.4 is 20.5 Å². The number of amides is 1. The van der Waals surface area contributed by atoms with Crippen molar-refractivity contribution >= 4 is 5.91 Å². The van der Waals surface area contributed by atoms with Gasteiger partial charge in [-0.05, 0) is 18.1 Å². The maximum Gasteiger partial charge on any atom is 0.250 e. The van der Waals surface area contributed by atoms with E-state index in [1.165, 1.54) is 0 Å². The molecule has 0 aliphatic heterocycles. The fourth-order valence-corrected chi connectivity index (χ4v) is 1.60. The summed E-state index contributed by atoms with van der Waals surface area (Å²) in [7, 11) is 3.16. The van der Waals surface area contributed by atoms with Crippen LogP contribution in [0.5, 0.6) is 11.5 Å². The summed E-state index contributed by atoms with van der Waals surface area (Å²) in [6.45, 7) is 0.316. The number of rotatable bonds is 7. The van der Waals surface area contributed by atoms with Crippen molar-refractivity contribution in [2.24, 2.45) is 5.73 Å². The van der Waals surface area contributed by atoms with Crippen LogP contribution in [0.25, 0.3) is 0 Å². The Morgan fingerprint density at radius 2 is 2.16 bits per heavy atom. The molecular weight excluding hydrogens is 248 g/mol. The van der Waals surface area contributed by atoms with Crippen LogP contribution in [0.15, 0.2) is 18.2 Å². The smallest absolute Gasteiger partial charge is 0.250 e. The monoisotopic (exact) mass is 268 g/mol. The van der Waals surface area contributed by atoms with E-state index in [4.69, 9.17) is 15.2 Å². The molecule has 6 heteroatoms. The SMILES string of the molecule is COc1ccc(CCNC(=O)C(O)CN)c(OC)c1. The first kappa shape index (κ1) is 15.3. The first-order valence-electron chi connectivity index (χ1n) is 5.99. The average Bonchev–Trinajstić information content (AvgIpc) is 2.46. The maximum absolute atomic E-state index is 11.3. The van der Waals surface area contributed by atoms with Crippen LogP contribution in [0, 0.1) is 0 Å². The molecule has 0 saturated carbocycles. The van der Waals surface area contributed by atoms with E-state index in [-0.39, 0.29) is 6.54 Å². The topological polar surface area (TPSA) is 93.8 Å². The highest BCUT2D eigenvalue weighted by Crippen LogP contribution is 2.24. The summed E-state index contributed by atoms with van der Waals surface area (Å²) in [5, 5.41) is 11.8. The molecular formula is C13H20N2O4. The number of hydrogen-bond donors (Lipinski definition) is 3. The fraction of sp³-hybridized carbons (Fsp3) is 0.462. The van der Waals surface area contributed by atoms with Crippen molar-refractivity contribution in [3.05, 3.63) is 23.8 Å². The van der Waals surface area contributed by atoms with Gasteiger partial charge in [0, 0.05) is 19.2 Å². The molecule has 1 unspecified atom stereocenters. The van der Waals surface area contributed by atoms with E-state index >= 15 is 0 Å². The second-order valence-electron chi connectivity index (χ2n) is 3.97. The molecule has 1 atom stereocenters. The van der Waals surface area contributed by atoms with Gasteiger partial charge in [-0.1, -0.05) is 6.07 Å². The van der Waals surface area contributed by atoms with Crippen molar-refractivity contribution in [1.29, 1.82) is 0 Å². The zero-order valence-corrected chi connectivity index (χ0v) is 11.2. The van der Waals surface area contributed by atoms with E-state index in [1.54, 1.807) is 20.3 Å². The van der Waals surface area contributed by atoms with Crippen molar-refractivity contribution in [1.82, 2.24) is 5.32 Å². The second kappa shape index (κ2) is 7.60. The molecule has 0 radical (unpaired) electrons. The lowest BCUT2D eigenvalue weighted by Crippen LogP contribution is -2.40. The van der Waals surface area contributed by atoms with E-state index in [9.17, 15) is 9.90 Å². The fourth-order valence-electron chi connectivity index (χ4n) is 1.60. The minimum atomic E-state index is -1.15. The van der Waals surface area contributed by atoms with Gasteiger partial charge in [0.15, 0.2) is 0 Å². The van der Waals surface area contributed by atoms with Crippen LogP contribution >= 0.6 is 0 Å². The predicted octanol–water partition coefficient (Wildman–Crippen LogP) is -0.318. The number of nitrogens with two attached hydrogens (primary N) is 1. The number of ether oxygens (including phenoxy) is 2. The molecule has 1 aromatic rings. The standard InChI is InChI=1S/C13H20N2O4/c1-18-10-4-3-9(12(7-10)19-2)5-6-15-13(17)11(16)8-14/h3-4,7,11,16H,5-6,8,14H2,1-2H3,(H,15,17). The first-order valence-corrected chi connectivity index (χ1v) is 5.99. The quantitative estimate of drug-likeness (QED) is 0.630. The number of hydrogen-bond acceptors (Lipinski definition) is 5. The van der Waals surface area contributed by atoms with Crippen LogP contribution in [-0.4, -0.2) is 44.4 Å². The van der Waals surface area contributed by atoms with Gasteiger partial charge in [-0.15, -0.1) is 0 Å². The summed E-state index contributed by atoms with van der Waals surface area (Å²) in [6.07, 6.45) is -0.561. The number of carbonyl (C=O) groups excluding carboxylic acids is 1. The summed E-state index contributed by atoms with van der Waals surface area (Å²) in [6, 6.07) is 5.49. The van der Waals surface area contributed by atoms with Crippen LogP contribution in [-0.2, 0) is 11.2 Å². The first-order chi connectivity index (χ1) is 9.12. The summed E-state index contributed by atoms with van der Waals surface area (Å²) in [5.74, 6) is 0.950. The minimum Gasteiger partial charge on any atom is -0.497 e. The number of benzene rings is 1. The van der Waals surface area contributed by atoms with Crippen LogP contribution in [0.1, 0.15) is 5.56 Å². The van der Waals surface area contributed by atoms with Gasteiger partial charge in [-0.25, -0.2) is 0 Å².